The maximum Gasteiger partial charge on any atom is 0.320 e. The van der Waals surface area contributed by atoms with E-state index in [-0.39, 0.29) is 5.92 Å². The van der Waals surface area contributed by atoms with Crippen LogP contribution in [-0.4, -0.2) is 17.1 Å². The van der Waals surface area contributed by atoms with Crippen LogP contribution in [0.15, 0.2) is 19.6 Å². The quantitative estimate of drug-likeness (QED) is 0.855. The van der Waals surface area contributed by atoms with Gasteiger partial charge in [0.1, 0.15) is 11.8 Å². The molecule has 1 heterocycles. The van der Waals surface area contributed by atoms with E-state index in [2.05, 4.69) is 37.2 Å². The fourth-order valence-electron chi connectivity index (χ4n) is 1.57. The monoisotopic (exact) mass is 351 g/mol. The Balaban J connectivity index is 1.92. The van der Waals surface area contributed by atoms with Gasteiger partial charge in [0.2, 0.25) is 0 Å². The minimum Gasteiger partial charge on any atom is -0.480 e. The van der Waals surface area contributed by atoms with Crippen molar-refractivity contribution in [3.8, 4) is 0 Å². The highest BCUT2D eigenvalue weighted by Gasteiger charge is 2.35. The fraction of sp³-hybridized carbons (Fsp3) is 0.500. The molecule has 1 unspecified atom stereocenters. The molecule has 1 aromatic heterocycles. The Morgan fingerprint density at radius 3 is 2.75 bits per heavy atom. The van der Waals surface area contributed by atoms with Gasteiger partial charge in [0.05, 0.1) is 11.0 Å². The van der Waals surface area contributed by atoms with E-state index in [1.54, 1.807) is 0 Å². The van der Waals surface area contributed by atoms with Gasteiger partial charge in [0, 0.05) is 0 Å². The summed E-state index contributed by atoms with van der Waals surface area (Å²) in [5.74, 6) is 0.206. The number of rotatable bonds is 5. The van der Waals surface area contributed by atoms with Crippen LogP contribution in [0.4, 0.5) is 0 Å². The molecule has 4 nitrogen and oxygen atoms in total. The number of furan rings is 1. The van der Waals surface area contributed by atoms with Gasteiger partial charge in [-0.1, -0.05) is 0 Å². The lowest BCUT2D eigenvalue weighted by atomic mass is 10.2. The van der Waals surface area contributed by atoms with E-state index in [0.717, 1.165) is 17.3 Å². The maximum atomic E-state index is 11.0. The number of carboxylic acids is 1. The molecule has 0 bridgehead atoms. The zero-order valence-electron chi connectivity index (χ0n) is 8.37. The standard InChI is InChI=1S/C10H11Br2NO3/c11-7-3-6(16-9(7)12)4-13-8(10(14)15)5-1-2-5/h3,5,8,13H,1-2,4H2,(H,14,15). The average Bonchev–Trinajstić information content (AvgIpc) is 2.96. The molecule has 6 heteroatoms. The molecule has 0 spiro atoms. The van der Waals surface area contributed by atoms with Crippen LogP contribution in [0.3, 0.4) is 0 Å². The second-order valence-electron chi connectivity index (χ2n) is 3.87. The van der Waals surface area contributed by atoms with Gasteiger partial charge >= 0.3 is 5.97 Å². The van der Waals surface area contributed by atoms with Gasteiger partial charge in [-0.05, 0) is 56.7 Å². The molecule has 1 aliphatic rings. The van der Waals surface area contributed by atoms with Crippen molar-refractivity contribution in [3.63, 3.8) is 0 Å². The van der Waals surface area contributed by atoms with Crippen molar-refractivity contribution >= 4 is 37.8 Å². The minimum absolute atomic E-state index is 0.277. The number of carbonyl (C=O) groups is 1. The Kier molecular flexibility index (Phi) is 3.71. The highest BCUT2D eigenvalue weighted by molar-refractivity contribution is 9.13. The van der Waals surface area contributed by atoms with Crippen LogP contribution >= 0.6 is 31.9 Å². The molecule has 2 N–H and O–H groups in total. The molecule has 2 rings (SSSR count). The molecule has 1 aliphatic carbocycles. The van der Waals surface area contributed by atoms with Crippen LogP contribution in [0.1, 0.15) is 18.6 Å². The maximum absolute atomic E-state index is 11.0. The van der Waals surface area contributed by atoms with Crippen LogP contribution < -0.4 is 5.32 Å². The fourth-order valence-corrected chi connectivity index (χ4v) is 2.23. The van der Waals surface area contributed by atoms with E-state index < -0.39 is 12.0 Å². The van der Waals surface area contributed by atoms with Crippen LogP contribution in [-0.2, 0) is 11.3 Å². The van der Waals surface area contributed by atoms with Crippen LogP contribution in [0.5, 0.6) is 0 Å². The summed E-state index contributed by atoms with van der Waals surface area (Å²) in [7, 11) is 0. The van der Waals surface area contributed by atoms with E-state index in [1.807, 2.05) is 6.07 Å². The SMILES string of the molecule is O=C(O)C(NCc1cc(Br)c(Br)o1)C1CC1. The summed E-state index contributed by atoms with van der Waals surface area (Å²) in [5.41, 5.74) is 0. The molecule has 1 saturated carbocycles. The van der Waals surface area contributed by atoms with Crippen molar-refractivity contribution in [1.29, 1.82) is 0 Å². The smallest absolute Gasteiger partial charge is 0.320 e. The van der Waals surface area contributed by atoms with Crippen molar-refractivity contribution in [2.75, 3.05) is 0 Å². The highest BCUT2D eigenvalue weighted by atomic mass is 79.9. The Bertz CT molecular complexity index is 381. The number of aliphatic carboxylic acids is 1. The third-order valence-electron chi connectivity index (χ3n) is 2.55. The number of nitrogens with one attached hydrogen (secondary N) is 1. The number of halogens is 2. The molecule has 1 aromatic rings. The Morgan fingerprint density at radius 1 is 1.62 bits per heavy atom. The number of hydrogen-bond acceptors (Lipinski definition) is 3. The average molecular weight is 353 g/mol. The first-order valence-corrected chi connectivity index (χ1v) is 6.56. The van der Waals surface area contributed by atoms with Crippen molar-refractivity contribution in [3.05, 3.63) is 21.0 Å². The molecule has 0 aliphatic heterocycles. The molecule has 16 heavy (non-hydrogen) atoms. The summed E-state index contributed by atoms with van der Waals surface area (Å²) in [6, 6.07) is 1.37. The van der Waals surface area contributed by atoms with Gasteiger partial charge in [-0.15, -0.1) is 0 Å². The van der Waals surface area contributed by atoms with Crippen molar-refractivity contribution < 1.29 is 14.3 Å². The Morgan fingerprint density at radius 2 is 2.31 bits per heavy atom. The van der Waals surface area contributed by atoms with Crippen molar-refractivity contribution in [1.82, 2.24) is 5.32 Å². The molecular weight excluding hydrogens is 342 g/mol. The number of carboxylic acid groups (broad SMARTS) is 1. The summed E-state index contributed by atoms with van der Waals surface area (Å²) in [6.45, 7) is 0.428. The second-order valence-corrected chi connectivity index (χ2v) is 5.44. The van der Waals surface area contributed by atoms with E-state index in [0.29, 0.717) is 17.0 Å². The van der Waals surface area contributed by atoms with Gasteiger partial charge in [-0.2, -0.15) is 0 Å². The molecule has 0 radical (unpaired) electrons. The minimum atomic E-state index is -0.785. The molecule has 0 amide bonds. The van der Waals surface area contributed by atoms with Crippen molar-refractivity contribution in [2.45, 2.75) is 25.4 Å². The Labute approximate surface area is 110 Å². The first-order chi connectivity index (χ1) is 7.58. The summed E-state index contributed by atoms with van der Waals surface area (Å²) < 4.78 is 6.82. The van der Waals surface area contributed by atoms with E-state index >= 15 is 0 Å². The predicted octanol–water partition coefficient (Wildman–Crippen LogP) is 2.76. The predicted molar refractivity (Wildman–Crippen MR) is 65.1 cm³/mol. The van der Waals surface area contributed by atoms with Crippen LogP contribution in [0.25, 0.3) is 0 Å². The lowest BCUT2D eigenvalue weighted by Crippen LogP contribution is -2.37. The number of hydrogen-bond donors (Lipinski definition) is 2. The highest BCUT2D eigenvalue weighted by Crippen LogP contribution is 2.33. The zero-order chi connectivity index (χ0) is 11.7. The normalized spacial score (nSPS) is 17.4. The largest absolute Gasteiger partial charge is 0.480 e. The van der Waals surface area contributed by atoms with Gasteiger partial charge < -0.3 is 9.52 Å². The summed E-state index contributed by atoms with van der Waals surface area (Å²) in [6.07, 6.45) is 1.99. The second kappa shape index (κ2) is 4.89. The van der Waals surface area contributed by atoms with Crippen molar-refractivity contribution in [2.24, 2.45) is 5.92 Å². The topological polar surface area (TPSA) is 62.5 Å². The summed E-state index contributed by atoms with van der Waals surface area (Å²) in [4.78, 5) is 11.0. The lowest BCUT2D eigenvalue weighted by Gasteiger charge is -2.11. The van der Waals surface area contributed by atoms with E-state index in [1.165, 1.54) is 0 Å². The molecule has 88 valence electrons. The van der Waals surface area contributed by atoms with Crippen LogP contribution in [0.2, 0.25) is 0 Å². The first-order valence-electron chi connectivity index (χ1n) is 4.98. The van der Waals surface area contributed by atoms with Gasteiger partial charge in [-0.25, -0.2) is 0 Å². The third-order valence-corrected chi connectivity index (χ3v) is 4.26. The molecule has 0 aromatic carbocycles. The lowest BCUT2D eigenvalue weighted by molar-refractivity contribution is -0.140. The first kappa shape index (κ1) is 12.1. The van der Waals surface area contributed by atoms with Gasteiger partial charge in [0.15, 0.2) is 4.67 Å². The molecule has 1 atom stereocenters. The Hall–Kier alpha value is -0.330. The van der Waals surface area contributed by atoms with E-state index in [9.17, 15) is 4.79 Å². The van der Waals surface area contributed by atoms with Gasteiger partial charge in [-0.3, -0.25) is 10.1 Å². The van der Waals surface area contributed by atoms with Gasteiger partial charge in [0.25, 0.3) is 0 Å². The molecule has 0 saturated heterocycles. The third kappa shape index (κ3) is 2.87. The molecule has 1 fully saturated rings. The zero-order valence-corrected chi connectivity index (χ0v) is 11.5. The van der Waals surface area contributed by atoms with Crippen LogP contribution in [0, 0.1) is 5.92 Å². The summed E-state index contributed by atoms with van der Waals surface area (Å²) in [5, 5.41) is 12.0. The summed E-state index contributed by atoms with van der Waals surface area (Å²) >= 11 is 6.54. The molecular formula is C10H11Br2NO3. The van der Waals surface area contributed by atoms with E-state index in [4.69, 9.17) is 9.52 Å².